The van der Waals surface area contributed by atoms with Crippen molar-refractivity contribution in [2.45, 2.75) is 12.6 Å². The van der Waals surface area contributed by atoms with Gasteiger partial charge in [-0.2, -0.15) is 13.2 Å². The second kappa shape index (κ2) is 8.57. The lowest BCUT2D eigenvalue weighted by molar-refractivity contribution is -0.138. The Morgan fingerprint density at radius 3 is 2.56 bits per heavy atom. The van der Waals surface area contributed by atoms with Crippen LogP contribution in [0.15, 0.2) is 57.9 Å². The quantitative estimate of drug-likeness (QED) is 0.329. The van der Waals surface area contributed by atoms with Gasteiger partial charge in [-0.1, -0.05) is 23.2 Å². The highest BCUT2D eigenvalue weighted by atomic mass is 35.5. The molecule has 164 valence electrons. The summed E-state index contributed by atoms with van der Waals surface area (Å²) < 4.78 is 44.9. The minimum absolute atomic E-state index is 0.0152. The molecule has 5 nitrogen and oxygen atoms in total. The summed E-state index contributed by atoms with van der Waals surface area (Å²) in [4.78, 5) is 29.2. The summed E-state index contributed by atoms with van der Waals surface area (Å²) in [5.41, 5.74) is -1.64. The fraction of sp³-hybridized carbons (Fsp3) is 0.0952. The zero-order valence-corrected chi connectivity index (χ0v) is 18.1. The van der Waals surface area contributed by atoms with E-state index < -0.39 is 23.3 Å². The topological polar surface area (TPSA) is 72.2 Å². The number of carbonyl (C=O) groups excluding carboxylic acids is 1. The molecular formula is C21H11Cl2F3N2O3S. The molecule has 32 heavy (non-hydrogen) atoms. The number of nitrogens with zero attached hydrogens (tertiary/aromatic N) is 1. The summed E-state index contributed by atoms with van der Waals surface area (Å²) in [6.45, 7) is 0. The van der Waals surface area contributed by atoms with Crippen molar-refractivity contribution in [3.8, 4) is 0 Å². The van der Waals surface area contributed by atoms with Crippen LogP contribution in [0.3, 0.4) is 0 Å². The summed E-state index contributed by atoms with van der Waals surface area (Å²) in [7, 11) is 0. The van der Waals surface area contributed by atoms with Crippen LogP contribution in [0.2, 0.25) is 10.0 Å². The Kier molecular flexibility index (Phi) is 5.98. The van der Waals surface area contributed by atoms with Gasteiger partial charge in [0.25, 0.3) is 5.91 Å². The van der Waals surface area contributed by atoms with Crippen molar-refractivity contribution in [3.63, 3.8) is 0 Å². The lowest BCUT2D eigenvalue weighted by atomic mass is 10.0. The minimum atomic E-state index is -4.53. The van der Waals surface area contributed by atoms with Crippen LogP contribution in [-0.4, -0.2) is 10.9 Å². The normalized spacial score (nSPS) is 11.7. The molecule has 0 aliphatic carbocycles. The number of aromatic nitrogens is 1. The molecule has 0 aliphatic rings. The van der Waals surface area contributed by atoms with Crippen LogP contribution < -0.4 is 10.9 Å². The van der Waals surface area contributed by atoms with E-state index in [9.17, 15) is 22.8 Å². The second-order valence-electron chi connectivity index (χ2n) is 6.69. The van der Waals surface area contributed by atoms with Crippen LogP contribution in [0, 0.1) is 0 Å². The van der Waals surface area contributed by atoms with Gasteiger partial charge >= 0.3 is 11.8 Å². The van der Waals surface area contributed by atoms with E-state index in [4.69, 9.17) is 27.6 Å². The van der Waals surface area contributed by atoms with Gasteiger partial charge in [0.05, 0.1) is 5.56 Å². The minimum Gasteiger partial charge on any atom is -0.422 e. The third-order valence-electron chi connectivity index (χ3n) is 4.45. The van der Waals surface area contributed by atoms with E-state index in [1.165, 1.54) is 30.5 Å². The molecule has 0 aliphatic heterocycles. The van der Waals surface area contributed by atoms with Crippen molar-refractivity contribution >= 4 is 56.5 Å². The molecule has 4 rings (SSSR count). The lowest BCUT2D eigenvalue weighted by Crippen LogP contribution is -2.20. The molecule has 0 fully saturated rings. The first kappa shape index (κ1) is 22.3. The van der Waals surface area contributed by atoms with Gasteiger partial charge < -0.3 is 4.42 Å². The highest BCUT2D eigenvalue weighted by Gasteiger charge is 2.33. The Morgan fingerprint density at radius 1 is 1.09 bits per heavy atom. The highest BCUT2D eigenvalue weighted by Crippen LogP contribution is 2.35. The Bertz CT molecular complexity index is 1400. The molecule has 11 heteroatoms. The van der Waals surface area contributed by atoms with Crippen LogP contribution in [0.4, 0.5) is 18.3 Å². The van der Waals surface area contributed by atoms with E-state index in [2.05, 4.69) is 10.3 Å². The van der Waals surface area contributed by atoms with Crippen LogP contribution >= 0.6 is 34.5 Å². The van der Waals surface area contributed by atoms with E-state index >= 15 is 0 Å². The van der Waals surface area contributed by atoms with Crippen molar-refractivity contribution in [3.05, 3.63) is 90.7 Å². The Labute approximate surface area is 192 Å². The van der Waals surface area contributed by atoms with Crippen molar-refractivity contribution in [2.24, 2.45) is 0 Å². The number of amides is 1. The van der Waals surface area contributed by atoms with Crippen LogP contribution in [0.5, 0.6) is 0 Å². The van der Waals surface area contributed by atoms with Crippen LogP contribution in [0.1, 0.15) is 26.4 Å². The number of fused-ring (bicyclic) bond motifs is 1. The summed E-state index contributed by atoms with van der Waals surface area (Å²) >= 11 is 12.8. The maximum Gasteiger partial charge on any atom is 0.416 e. The highest BCUT2D eigenvalue weighted by molar-refractivity contribution is 7.15. The first-order valence-corrected chi connectivity index (χ1v) is 10.5. The molecule has 1 N–H and O–H groups in total. The molecule has 0 bridgehead atoms. The van der Waals surface area contributed by atoms with E-state index in [1.54, 1.807) is 12.1 Å². The predicted octanol–water partition coefficient (Wildman–Crippen LogP) is 6.42. The van der Waals surface area contributed by atoms with E-state index in [1.807, 2.05) is 0 Å². The number of hydrogen-bond acceptors (Lipinski definition) is 5. The fourth-order valence-electron chi connectivity index (χ4n) is 3.04. The number of thiazole rings is 1. The molecule has 0 radical (unpaired) electrons. The predicted molar refractivity (Wildman–Crippen MR) is 117 cm³/mol. The molecule has 0 unspecified atom stereocenters. The summed E-state index contributed by atoms with van der Waals surface area (Å²) in [5.74, 6) is -0.764. The number of rotatable bonds is 4. The monoisotopic (exact) mass is 498 g/mol. The molecule has 0 atom stereocenters. The molecule has 0 saturated carbocycles. The average Bonchev–Trinajstić information content (AvgIpc) is 3.13. The van der Waals surface area contributed by atoms with E-state index in [0.717, 1.165) is 17.4 Å². The molecule has 2 heterocycles. The van der Waals surface area contributed by atoms with Gasteiger partial charge in [-0.3, -0.25) is 10.1 Å². The summed E-state index contributed by atoms with van der Waals surface area (Å²) in [5, 5.41) is 3.62. The molecular weight excluding hydrogens is 488 g/mol. The lowest BCUT2D eigenvalue weighted by Gasteiger charge is -2.12. The standard InChI is InChI=1S/C21H11Cl2F3N2O3S/c22-12-1-3-16(21(24,25)26)10(5-12)7-14-9-27-20(32-14)28-18(29)15-8-11-6-13(23)2-4-17(11)31-19(15)30/h1-6,8-9H,7H2,(H,27,28,29). The molecule has 1 amide bonds. The zero-order valence-electron chi connectivity index (χ0n) is 15.8. The number of nitrogens with one attached hydrogen (secondary N) is 1. The number of carbonyl (C=O) groups is 1. The SMILES string of the molecule is O=C(Nc1ncc(Cc2cc(Cl)ccc2C(F)(F)F)s1)c1cc2cc(Cl)ccc2oc1=O. The van der Waals surface area contributed by atoms with E-state index in [-0.39, 0.29) is 33.3 Å². The average molecular weight is 499 g/mol. The maximum absolute atomic E-state index is 13.3. The largest absolute Gasteiger partial charge is 0.422 e. The third kappa shape index (κ3) is 4.79. The molecule has 0 spiro atoms. The summed E-state index contributed by atoms with van der Waals surface area (Å²) in [6, 6.07) is 9.29. The third-order valence-corrected chi connectivity index (χ3v) is 5.83. The Balaban J connectivity index is 1.56. The van der Waals surface area contributed by atoms with Gasteiger partial charge in [-0.25, -0.2) is 9.78 Å². The van der Waals surface area contributed by atoms with Gasteiger partial charge in [-0.15, -0.1) is 11.3 Å². The number of benzene rings is 2. The van der Waals surface area contributed by atoms with Gasteiger partial charge in [0.1, 0.15) is 11.1 Å². The molecule has 2 aromatic carbocycles. The fourth-order valence-corrected chi connectivity index (χ4v) is 4.24. The number of hydrogen-bond donors (Lipinski definition) is 1. The van der Waals surface area contributed by atoms with Crippen LogP contribution in [-0.2, 0) is 12.6 Å². The second-order valence-corrected chi connectivity index (χ2v) is 8.68. The van der Waals surface area contributed by atoms with Crippen molar-refractivity contribution in [1.29, 1.82) is 0 Å². The van der Waals surface area contributed by atoms with Crippen molar-refractivity contribution < 1.29 is 22.4 Å². The smallest absolute Gasteiger partial charge is 0.416 e. The van der Waals surface area contributed by atoms with E-state index in [0.29, 0.717) is 15.3 Å². The summed E-state index contributed by atoms with van der Waals surface area (Å²) in [6.07, 6.45) is -3.27. The first-order valence-electron chi connectivity index (χ1n) is 8.95. The maximum atomic E-state index is 13.3. The molecule has 2 aromatic heterocycles. The van der Waals surface area contributed by atoms with Crippen molar-refractivity contribution in [2.75, 3.05) is 5.32 Å². The molecule has 0 saturated heterocycles. The Morgan fingerprint density at radius 2 is 1.81 bits per heavy atom. The number of alkyl halides is 3. The van der Waals surface area contributed by atoms with Gasteiger partial charge in [0, 0.05) is 32.9 Å². The van der Waals surface area contributed by atoms with Gasteiger partial charge in [0.15, 0.2) is 5.13 Å². The Hall–Kier alpha value is -2.88. The van der Waals surface area contributed by atoms with Crippen molar-refractivity contribution in [1.82, 2.24) is 4.98 Å². The zero-order chi connectivity index (χ0) is 23.0. The number of halogens is 5. The van der Waals surface area contributed by atoms with Gasteiger partial charge in [-0.05, 0) is 48.0 Å². The number of anilines is 1. The first-order chi connectivity index (χ1) is 15.1. The molecule has 4 aromatic rings. The van der Waals surface area contributed by atoms with Gasteiger partial charge in [0.2, 0.25) is 0 Å². The van der Waals surface area contributed by atoms with Crippen LogP contribution in [0.25, 0.3) is 11.0 Å².